The minimum absolute atomic E-state index is 0.0645. The van der Waals surface area contributed by atoms with Gasteiger partial charge in [0, 0.05) is 18.3 Å². The van der Waals surface area contributed by atoms with E-state index in [1.54, 1.807) is 12.1 Å². The second kappa shape index (κ2) is 5.27. The van der Waals surface area contributed by atoms with Crippen molar-refractivity contribution in [2.24, 2.45) is 9.98 Å². The number of hydrogen-bond donors (Lipinski definition) is 0. The molecule has 1 aliphatic rings. The molecular formula is C12H12ClN3O2. The molecule has 0 saturated heterocycles. The highest BCUT2D eigenvalue weighted by molar-refractivity contribution is 6.32. The fraction of sp³-hybridized carbons (Fsp3) is 0.333. The summed E-state index contributed by atoms with van der Waals surface area (Å²) in [4.78, 5) is 23.9. The van der Waals surface area contributed by atoms with Crippen LogP contribution in [0.2, 0.25) is 5.15 Å². The smallest absolute Gasteiger partial charge is 0.349 e. The van der Waals surface area contributed by atoms with Crippen LogP contribution >= 0.6 is 11.6 Å². The summed E-state index contributed by atoms with van der Waals surface area (Å²) in [6.45, 7) is 3.80. The predicted molar refractivity (Wildman–Crippen MR) is 69.3 cm³/mol. The van der Waals surface area contributed by atoms with Gasteiger partial charge in [-0.1, -0.05) is 11.6 Å². The van der Waals surface area contributed by atoms with E-state index in [1.807, 2.05) is 13.8 Å². The molecule has 6 heteroatoms. The van der Waals surface area contributed by atoms with Crippen molar-refractivity contribution in [2.75, 3.05) is 0 Å². The summed E-state index contributed by atoms with van der Waals surface area (Å²) in [6, 6.07) is 3.30. The Morgan fingerprint density at radius 3 is 3.00 bits per heavy atom. The van der Waals surface area contributed by atoms with Gasteiger partial charge in [-0.2, -0.15) is 0 Å². The molecule has 0 aromatic carbocycles. The molecule has 1 atom stereocenters. The number of amidine groups is 1. The molecule has 0 amide bonds. The zero-order valence-electron chi connectivity index (χ0n) is 10.1. The Hall–Kier alpha value is -1.75. The number of ether oxygens (including phenoxy) is 1. The summed E-state index contributed by atoms with van der Waals surface area (Å²) in [6.07, 6.45) is 2.27. The van der Waals surface area contributed by atoms with E-state index >= 15 is 0 Å². The second-order valence-corrected chi connectivity index (χ2v) is 4.40. The number of hydrogen-bond acceptors (Lipinski definition) is 5. The van der Waals surface area contributed by atoms with Crippen LogP contribution in [0.5, 0.6) is 0 Å². The molecule has 94 valence electrons. The molecule has 5 nitrogen and oxygen atoms in total. The number of nitrogens with zero attached hydrogens (tertiary/aromatic N) is 3. The third-order valence-corrected chi connectivity index (χ3v) is 2.67. The standard InChI is InChI=1S/C12H12ClN3O2/c1-7-6-8(2)16-12(15-7)18-11(17)9-4-3-5-14-10(9)13/h3-5,7H,6H2,1-2H3. The van der Waals surface area contributed by atoms with Gasteiger partial charge >= 0.3 is 12.0 Å². The van der Waals surface area contributed by atoms with Crippen molar-refractivity contribution in [1.82, 2.24) is 4.98 Å². The number of carbonyl (C=O) groups excluding carboxylic acids is 1. The van der Waals surface area contributed by atoms with Crippen molar-refractivity contribution in [3.05, 3.63) is 29.0 Å². The van der Waals surface area contributed by atoms with Crippen LogP contribution in [-0.2, 0) is 4.74 Å². The van der Waals surface area contributed by atoms with Crippen molar-refractivity contribution in [3.63, 3.8) is 0 Å². The van der Waals surface area contributed by atoms with E-state index in [4.69, 9.17) is 16.3 Å². The third kappa shape index (κ3) is 2.92. The summed E-state index contributed by atoms with van der Waals surface area (Å²) >= 11 is 5.81. The van der Waals surface area contributed by atoms with Crippen molar-refractivity contribution < 1.29 is 9.53 Å². The van der Waals surface area contributed by atoms with Crippen molar-refractivity contribution in [2.45, 2.75) is 26.3 Å². The zero-order valence-corrected chi connectivity index (χ0v) is 10.8. The monoisotopic (exact) mass is 265 g/mol. The number of aliphatic imine (C=N–C) groups is 2. The minimum Gasteiger partial charge on any atom is -0.387 e. The average Bonchev–Trinajstić information content (AvgIpc) is 2.27. The molecule has 0 fully saturated rings. The van der Waals surface area contributed by atoms with E-state index < -0.39 is 5.97 Å². The van der Waals surface area contributed by atoms with Crippen LogP contribution in [0.15, 0.2) is 28.3 Å². The summed E-state index contributed by atoms with van der Waals surface area (Å²) in [5.41, 5.74) is 1.09. The van der Waals surface area contributed by atoms with Crippen LogP contribution in [0.25, 0.3) is 0 Å². The van der Waals surface area contributed by atoms with E-state index in [1.165, 1.54) is 6.20 Å². The maximum Gasteiger partial charge on any atom is 0.349 e. The SMILES string of the molecule is CC1=NC(OC(=O)c2cccnc2Cl)=NC(C)C1. The fourth-order valence-corrected chi connectivity index (χ4v) is 1.82. The molecule has 2 rings (SSSR count). The highest BCUT2D eigenvalue weighted by Crippen LogP contribution is 2.14. The molecule has 1 unspecified atom stereocenters. The molecular weight excluding hydrogens is 254 g/mol. The normalized spacial score (nSPS) is 18.9. The van der Waals surface area contributed by atoms with Gasteiger partial charge in [0.25, 0.3) is 0 Å². The number of esters is 1. The second-order valence-electron chi connectivity index (χ2n) is 4.04. The van der Waals surface area contributed by atoms with Crippen molar-refractivity contribution >= 4 is 29.3 Å². The summed E-state index contributed by atoms with van der Waals surface area (Å²) in [5.74, 6) is -0.600. The van der Waals surface area contributed by atoms with Crippen LogP contribution in [0.4, 0.5) is 0 Å². The van der Waals surface area contributed by atoms with E-state index in [2.05, 4.69) is 15.0 Å². The third-order valence-electron chi connectivity index (χ3n) is 2.37. The lowest BCUT2D eigenvalue weighted by Gasteiger charge is -2.14. The first-order valence-corrected chi connectivity index (χ1v) is 5.88. The molecule has 0 aliphatic carbocycles. The van der Waals surface area contributed by atoms with Crippen molar-refractivity contribution in [3.8, 4) is 0 Å². The fourth-order valence-electron chi connectivity index (χ4n) is 1.62. The average molecular weight is 266 g/mol. The summed E-state index contributed by atoms with van der Waals surface area (Å²) in [5, 5.41) is 0.104. The van der Waals surface area contributed by atoms with Crippen LogP contribution in [-0.4, -0.2) is 28.7 Å². The lowest BCUT2D eigenvalue weighted by Crippen LogP contribution is -2.20. The quantitative estimate of drug-likeness (QED) is 0.579. The van der Waals surface area contributed by atoms with E-state index in [0.717, 1.165) is 12.1 Å². The van der Waals surface area contributed by atoms with Crippen LogP contribution in [0, 0.1) is 0 Å². The molecule has 18 heavy (non-hydrogen) atoms. The van der Waals surface area contributed by atoms with E-state index in [0.29, 0.717) is 0 Å². The molecule has 1 aromatic rings. The number of carbonyl (C=O) groups is 1. The lowest BCUT2D eigenvalue weighted by molar-refractivity contribution is 0.0712. The molecule has 0 bridgehead atoms. The predicted octanol–water partition coefficient (Wildman–Crippen LogP) is 2.50. The molecule has 0 spiro atoms. The first-order valence-electron chi connectivity index (χ1n) is 5.51. The van der Waals surface area contributed by atoms with Gasteiger partial charge in [-0.3, -0.25) is 0 Å². The minimum atomic E-state index is -0.600. The van der Waals surface area contributed by atoms with Crippen LogP contribution in [0.3, 0.4) is 0 Å². The maximum atomic E-state index is 11.9. The van der Waals surface area contributed by atoms with E-state index in [9.17, 15) is 4.79 Å². The molecule has 1 aliphatic heterocycles. The molecule has 0 N–H and O–H groups in total. The molecule has 0 radical (unpaired) electrons. The number of aromatic nitrogens is 1. The Bertz CT molecular complexity index is 540. The lowest BCUT2D eigenvalue weighted by atomic mass is 10.1. The van der Waals surface area contributed by atoms with Crippen molar-refractivity contribution in [1.29, 1.82) is 0 Å². The highest BCUT2D eigenvalue weighted by Gasteiger charge is 2.18. The number of rotatable bonds is 1. The molecule has 1 aromatic heterocycles. The van der Waals surface area contributed by atoms with Gasteiger partial charge in [0.05, 0.1) is 11.6 Å². The Morgan fingerprint density at radius 2 is 2.33 bits per heavy atom. The zero-order chi connectivity index (χ0) is 13.1. The summed E-state index contributed by atoms with van der Waals surface area (Å²) < 4.78 is 5.10. The van der Waals surface area contributed by atoms with Gasteiger partial charge < -0.3 is 4.74 Å². The van der Waals surface area contributed by atoms with E-state index in [-0.39, 0.29) is 22.8 Å². The first kappa shape index (κ1) is 12.7. The molecule has 2 heterocycles. The van der Waals surface area contributed by atoms with Crippen LogP contribution in [0.1, 0.15) is 30.6 Å². The summed E-state index contributed by atoms with van der Waals surface area (Å²) in [7, 11) is 0. The van der Waals surface area contributed by atoms with Gasteiger partial charge in [0.1, 0.15) is 5.15 Å². The van der Waals surface area contributed by atoms with Gasteiger partial charge in [-0.25, -0.2) is 19.8 Å². The van der Waals surface area contributed by atoms with Crippen LogP contribution < -0.4 is 0 Å². The Labute approximate surface area is 110 Å². The Kier molecular flexibility index (Phi) is 3.72. The van der Waals surface area contributed by atoms with Gasteiger partial charge in [0.15, 0.2) is 0 Å². The van der Waals surface area contributed by atoms with Gasteiger partial charge in [-0.15, -0.1) is 0 Å². The first-order chi connectivity index (χ1) is 8.56. The largest absolute Gasteiger partial charge is 0.387 e. The molecule has 0 saturated carbocycles. The number of halogens is 1. The Morgan fingerprint density at radius 1 is 1.56 bits per heavy atom. The van der Waals surface area contributed by atoms with Gasteiger partial charge in [-0.05, 0) is 26.0 Å². The highest BCUT2D eigenvalue weighted by atomic mass is 35.5. The Balaban J connectivity index is 2.16. The number of pyridine rings is 1. The maximum absolute atomic E-state index is 11.9. The topological polar surface area (TPSA) is 63.9 Å². The van der Waals surface area contributed by atoms with Gasteiger partial charge in [0.2, 0.25) is 0 Å².